The number of fused-ring (bicyclic) bond motifs is 1. The first-order valence-electron chi connectivity index (χ1n) is 6.24. The lowest BCUT2D eigenvalue weighted by Gasteiger charge is -2.38. The maximum Gasteiger partial charge on any atom is 0.317 e. The summed E-state index contributed by atoms with van der Waals surface area (Å²) < 4.78 is 13.6. The van der Waals surface area contributed by atoms with Gasteiger partial charge in [0.05, 0.1) is 17.3 Å². The van der Waals surface area contributed by atoms with Gasteiger partial charge in [-0.05, 0) is 12.1 Å². The van der Waals surface area contributed by atoms with Crippen LogP contribution in [0, 0.1) is 5.82 Å². The molecule has 6 heteroatoms. The van der Waals surface area contributed by atoms with Gasteiger partial charge < -0.3 is 15.1 Å². The van der Waals surface area contributed by atoms with Crippen LogP contribution in [0.15, 0.2) is 18.2 Å². The highest BCUT2D eigenvalue weighted by atomic mass is 19.1. The maximum atomic E-state index is 13.6. The molecule has 2 amide bonds. The number of hydrogen-bond donors (Lipinski definition) is 1. The summed E-state index contributed by atoms with van der Waals surface area (Å²) in [5.41, 5.74) is 0.697. The Labute approximate surface area is 110 Å². The first-order chi connectivity index (χ1) is 9.20. The van der Waals surface area contributed by atoms with Crippen LogP contribution >= 0.6 is 0 Å². The quantitative estimate of drug-likeness (QED) is 0.805. The standard InChI is InChI=1S/C13H14FN3O2/c14-11-2-1-3-12(10(11)8-18)16-4-5-17-9(7-16)6-15-13(17)19/h1-3,8-9H,4-7H2,(H,15,19). The Morgan fingerprint density at radius 2 is 2.21 bits per heavy atom. The van der Waals surface area contributed by atoms with Gasteiger partial charge in [-0.15, -0.1) is 0 Å². The van der Waals surface area contributed by atoms with Crippen LogP contribution in [0.25, 0.3) is 0 Å². The molecule has 5 nitrogen and oxygen atoms in total. The van der Waals surface area contributed by atoms with Crippen LogP contribution in [0.1, 0.15) is 10.4 Å². The summed E-state index contributed by atoms with van der Waals surface area (Å²) in [6.07, 6.45) is 0.551. The highest BCUT2D eigenvalue weighted by Crippen LogP contribution is 2.25. The Hall–Kier alpha value is -2.11. The fraction of sp³-hybridized carbons (Fsp3) is 0.385. The van der Waals surface area contributed by atoms with Crippen LogP contribution in [0.4, 0.5) is 14.9 Å². The summed E-state index contributed by atoms with van der Waals surface area (Å²) in [4.78, 5) is 26.3. The maximum absolute atomic E-state index is 13.6. The summed E-state index contributed by atoms with van der Waals surface area (Å²) in [5, 5.41) is 2.79. The van der Waals surface area contributed by atoms with Crippen LogP contribution in [0.3, 0.4) is 0 Å². The SMILES string of the molecule is O=Cc1c(F)cccc1N1CCN2C(=O)NCC2C1. The Kier molecular flexibility index (Phi) is 2.85. The number of urea groups is 1. The average Bonchev–Trinajstić information content (AvgIpc) is 2.79. The van der Waals surface area contributed by atoms with Gasteiger partial charge in [0.2, 0.25) is 0 Å². The molecule has 1 unspecified atom stereocenters. The number of hydrogen-bond acceptors (Lipinski definition) is 3. The van der Waals surface area contributed by atoms with Gasteiger partial charge in [0.15, 0.2) is 6.29 Å². The predicted molar refractivity (Wildman–Crippen MR) is 67.9 cm³/mol. The molecule has 2 fully saturated rings. The van der Waals surface area contributed by atoms with Crippen molar-refractivity contribution in [3.63, 3.8) is 0 Å². The van der Waals surface area contributed by atoms with Gasteiger partial charge in [-0.25, -0.2) is 9.18 Å². The summed E-state index contributed by atoms with van der Waals surface area (Å²) in [5.74, 6) is -0.504. The van der Waals surface area contributed by atoms with Crippen molar-refractivity contribution >= 4 is 18.0 Å². The van der Waals surface area contributed by atoms with Crippen LogP contribution < -0.4 is 10.2 Å². The third kappa shape index (κ3) is 1.93. The zero-order valence-electron chi connectivity index (χ0n) is 10.3. The highest BCUT2D eigenvalue weighted by Gasteiger charge is 2.36. The molecule has 0 aromatic heterocycles. The molecule has 0 bridgehead atoms. The number of carbonyl (C=O) groups is 2. The molecule has 2 heterocycles. The zero-order valence-corrected chi connectivity index (χ0v) is 10.3. The van der Waals surface area contributed by atoms with Crippen LogP contribution in [0.5, 0.6) is 0 Å². The van der Waals surface area contributed by atoms with Crippen molar-refractivity contribution in [2.45, 2.75) is 6.04 Å². The number of aldehydes is 1. The number of halogens is 1. The molecule has 1 aromatic carbocycles. The lowest BCUT2D eigenvalue weighted by Crippen LogP contribution is -2.52. The second-order valence-corrected chi connectivity index (χ2v) is 4.77. The van der Waals surface area contributed by atoms with Gasteiger partial charge in [-0.3, -0.25) is 4.79 Å². The monoisotopic (exact) mass is 263 g/mol. The van der Waals surface area contributed by atoms with E-state index in [1.807, 2.05) is 4.90 Å². The van der Waals surface area contributed by atoms with Crippen molar-refractivity contribution in [2.75, 3.05) is 31.1 Å². The lowest BCUT2D eigenvalue weighted by atomic mass is 10.1. The average molecular weight is 263 g/mol. The second kappa shape index (κ2) is 4.53. The molecule has 19 heavy (non-hydrogen) atoms. The van der Waals surface area contributed by atoms with Crippen LogP contribution in [-0.4, -0.2) is 49.4 Å². The van der Waals surface area contributed by atoms with Crippen molar-refractivity contribution in [3.8, 4) is 0 Å². The van der Waals surface area contributed by atoms with E-state index in [4.69, 9.17) is 0 Å². The third-order valence-electron chi connectivity index (χ3n) is 3.72. The summed E-state index contributed by atoms with van der Waals surface area (Å²) in [6.45, 7) is 2.41. The third-order valence-corrected chi connectivity index (χ3v) is 3.72. The Morgan fingerprint density at radius 3 is 3.00 bits per heavy atom. The zero-order chi connectivity index (χ0) is 13.4. The number of anilines is 1. The van der Waals surface area contributed by atoms with E-state index in [0.29, 0.717) is 38.2 Å². The molecule has 100 valence electrons. The number of amides is 2. The lowest BCUT2D eigenvalue weighted by molar-refractivity contribution is 0.112. The largest absolute Gasteiger partial charge is 0.367 e. The van der Waals surface area contributed by atoms with E-state index in [0.717, 1.165) is 0 Å². The van der Waals surface area contributed by atoms with E-state index in [1.165, 1.54) is 6.07 Å². The Morgan fingerprint density at radius 1 is 1.37 bits per heavy atom. The van der Waals surface area contributed by atoms with Gasteiger partial charge >= 0.3 is 6.03 Å². The van der Waals surface area contributed by atoms with E-state index in [1.54, 1.807) is 17.0 Å². The molecule has 2 aliphatic rings. The van der Waals surface area contributed by atoms with Gasteiger partial charge in [0, 0.05) is 26.2 Å². The number of nitrogens with one attached hydrogen (secondary N) is 1. The van der Waals surface area contributed by atoms with Crippen LogP contribution in [-0.2, 0) is 0 Å². The molecular formula is C13H14FN3O2. The van der Waals surface area contributed by atoms with E-state index < -0.39 is 5.82 Å². The minimum absolute atomic E-state index is 0.0421. The molecule has 1 atom stereocenters. The summed E-state index contributed by atoms with van der Waals surface area (Å²) in [7, 11) is 0. The molecule has 0 saturated carbocycles. The fourth-order valence-electron chi connectivity index (χ4n) is 2.74. The summed E-state index contributed by atoms with van der Waals surface area (Å²) >= 11 is 0. The first kappa shape index (κ1) is 12.0. The van der Waals surface area contributed by atoms with Crippen molar-refractivity contribution in [1.82, 2.24) is 10.2 Å². The molecule has 1 aromatic rings. The smallest absolute Gasteiger partial charge is 0.317 e. The topological polar surface area (TPSA) is 52.7 Å². The number of rotatable bonds is 2. The minimum Gasteiger partial charge on any atom is -0.367 e. The number of piperazine rings is 1. The second-order valence-electron chi connectivity index (χ2n) is 4.77. The Bertz CT molecular complexity index is 535. The number of carbonyl (C=O) groups excluding carboxylic acids is 2. The van der Waals surface area contributed by atoms with Gasteiger partial charge in [-0.1, -0.05) is 6.07 Å². The van der Waals surface area contributed by atoms with E-state index in [-0.39, 0.29) is 17.6 Å². The molecule has 0 radical (unpaired) electrons. The minimum atomic E-state index is -0.504. The van der Waals surface area contributed by atoms with E-state index in [9.17, 15) is 14.0 Å². The highest BCUT2D eigenvalue weighted by molar-refractivity contribution is 5.85. The van der Waals surface area contributed by atoms with Crippen molar-refractivity contribution in [3.05, 3.63) is 29.6 Å². The molecule has 3 rings (SSSR count). The van der Waals surface area contributed by atoms with Crippen molar-refractivity contribution in [1.29, 1.82) is 0 Å². The molecule has 0 aliphatic carbocycles. The molecule has 2 aliphatic heterocycles. The van der Waals surface area contributed by atoms with Gasteiger partial charge in [0.25, 0.3) is 0 Å². The van der Waals surface area contributed by atoms with Crippen LogP contribution in [0.2, 0.25) is 0 Å². The number of benzene rings is 1. The molecule has 1 N–H and O–H groups in total. The van der Waals surface area contributed by atoms with E-state index >= 15 is 0 Å². The first-order valence-corrected chi connectivity index (χ1v) is 6.24. The number of nitrogens with zero attached hydrogens (tertiary/aromatic N) is 2. The molecular weight excluding hydrogens is 249 g/mol. The van der Waals surface area contributed by atoms with Crippen molar-refractivity contribution < 1.29 is 14.0 Å². The normalized spacial score (nSPS) is 22.2. The summed E-state index contributed by atoms with van der Waals surface area (Å²) in [6, 6.07) is 4.67. The predicted octanol–water partition coefficient (Wildman–Crippen LogP) is 0.852. The molecule has 2 saturated heterocycles. The van der Waals surface area contributed by atoms with Crippen molar-refractivity contribution in [2.24, 2.45) is 0 Å². The van der Waals surface area contributed by atoms with E-state index in [2.05, 4.69) is 5.32 Å². The fourth-order valence-corrected chi connectivity index (χ4v) is 2.74. The molecule has 0 spiro atoms. The Balaban J connectivity index is 1.86. The van der Waals surface area contributed by atoms with Gasteiger partial charge in [0.1, 0.15) is 5.82 Å². The van der Waals surface area contributed by atoms with Gasteiger partial charge in [-0.2, -0.15) is 0 Å².